The van der Waals surface area contributed by atoms with Gasteiger partial charge in [-0.15, -0.1) is 0 Å². The molecule has 0 saturated heterocycles. The Morgan fingerprint density at radius 3 is 2.55 bits per heavy atom. The van der Waals surface area contributed by atoms with Gasteiger partial charge in [-0.25, -0.2) is 4.79 Å². The first kappa shape index (κ1) is 14.0. The second-order valence-corrected chi connectivity index (χ2v) is 4.47. The third kappa shape index (κ3) is 3.57. The number of hydrogen-bond donors (Lipinski definition) is 2. The number of para-hydroxylation sites is 1. The van der Waals surface area contributed by atoms with Gasteiger partial charge in [0.05, 0.1) is 17.9 Å². The summed E-state index contributed by atoms with van der Waals surface area (Å²) in [6, 6.07) is 6.51. The Morgan fingerprint density at radius 2 is 1.90 bits per heavy atom. The number of hydrogen-bond acceptors (Lipinski definition) is 4. The van der Waals surface area contributed by atoms with E-state index in [1.807, 2.05) is 0 Å². The van der Waals surface area contributed by atoms with Crippen LogP contribution in [-0.4, -0.2) is 30.4 Å². The zero-order chi connectivity index (χ0) is 14.5. The summed E-state index contributed by atoms with van der Waals surface area (Å²) >= 11 is 0. The number of carbonyl (C=O) groups excluding carboxylic acids is 3. The van der Waals surface area contributed by atoms with E-state index in [4.69, 9.17) is 4.74 Å². The molecule has 0 aliphatic heterocycles. The normalized spacial score (nSPS) is 13.4. The number of carbonyl (C=O) groups is 3. The summed E-state index contributed by atoms with van der Waals surface area (Å²) in [5.41, 5.74) is 0.490. The number of rotatable bonds is 4. The Kier molecular flexibility index (Phi) is 4.34. The SMILES string of the molecule is CCOC(=O)c1ccccc1NC(=O)C(=O)NC1CC1. The molecule has 106 valence electrons. The van der Waals surface area contributed by atoms with Gasteiger partial charge in [0.25, 0.3) is 0 Å². The maximum absolute atomic E-state index is 11.7. The van der Waals surface area contributed by atoms with Crippen LogP contribution >= 0.6 is 0 Å². The topological polar surface area (TPSA) is 84.5 Å². The van der Waals surface area contributed by atoms with Crippen LogP contribution in [0, 0.1) is 0 Å². The fraction of sp³-hybridized carbons (Fsp3) is 0.357. The molecule has 2 N–H and O–H groups in total. The van der Waals surface area contributed by atoms with Gasteiger partial charge in [-0.2, -0.15) is 0 Å². The van der Waals surface area contributed by atoms with Crippen molar-refractivity contribution in [3.63, 3.8) is 0 Å². The molecule has 1 fully saturated rings. The van der Waals surface area contributed by atoms with E-state index in [2.05, 4.69) is 10.6 Å². The fourth-order valence-corrected chi connectivity index (χ4v) is 1.64. The Morgan fingerprint density at radius 1 is 1.20 bits per heavy atom. The van der Waals surface area contributed by atoms with Crippen LogP contribution in [0.5, 0.6) is 0 Å². The largest absolute Gasteiger partial charge is 0.462 e. The number of nitrogens with one attached hydrogen (secondary N) is 2. The highest BCUT2D eigenvalue weighted by molar-refractivity contribution is 6.40. The number of esters is 1. The van der Waals surface area contributed by atoms with E-state index in [9.17, 15) is 14.4 Å². The van der Waals surface area contributed by atoms with Gasteiger partial charge in [0.2, 0.25) is 0 Å². The van der Waals surface area contributed by atoms with Crippen molar-refractivity contribution in [3.8, 4) is 0 Å². The Balaban J connectivity index is 2.06. The van der Waals surface area contributed by atoms with Gasteiger partial charge in [0.1, 0.15) is 0 Å². The highest BCUT2D eigenvalue weighted by Gasteiger charge is 2.27. The predicted molar refractivity (Wildman–Crippen MR) is 72.2 cm³/mol. The Bertz CT molecular complexity index is 538. The lowest BCUT2D eigenvalue weighted by molar-refractivity contribution is -0.136. The third-order valence-corrected chi connectivity index (χ3v) is 2.79. The van der Waals surface area contributed by atoms with Crippen LogP contribution in [0.4, 0.5) is 5.69 Å². The van der Waals surface area contributed by atoms with Gasteiger partial charge in [-0.3, -0.25) is 9.59 Å². The maximum atomic E-state index is 11.7. The molecule has 20 heavy (non-hydrogen) atoms. The molecule has 1 aromatic carbocycles. The molecule has 0 atom stereocenters. The molecular weight excluding hydrogens is 260 g/mol. The van der Waals surface area contributed by atoms with Crippen molar-refractivity contribution in [1.29, 1.82) is 0 Å². The zero-order valence-electron chi connectivity index (χ0n) is 11.1. The maximum Gasteiger partial charge on any atom is 0.340 e. The van der Waals surface area contributed by atoms with Crippen LogP contribution in [0.3, 0.4) is 0 Å². The summed E-state index contributed by atoms with van der Waals surface area (Å²) in [4.78, 5) is 35.0. The van der Waals surface area contributed by atoms with E-state index in [-0.39, 0.29) is 23.9 Å². The number of anilines is 1. The van der Waals surface area contributed by atoms with Crippen molar-refractivity contribution in [2.75, 3.05) is 11.9 Å². The van der Waals surface area contributed by atoms with Crippen LogP contribution in [0.1, 0.15) is 30.1 Å². The lowest BCUT2D eigenvalue weighted by Crippen LogP contribution is -2.36. The molecule has 6 heteroatoms. The minimum atomic E-state index is -0.784. The van der Waals surface area contributed by atoms with E-state index >= 15 is 0 Å². The summed E-state index contributed by atoms with van der Waals surface area (Å²) in [6.45, 7) is 1.94. The molecule has 0 radical (unpaired) electrons. The first-order valence-electron chi connectivity index (χ1n) is 6.49. The molecule has 1 saturated carbocycles. The van der Waals surface area contributed by atoms with Gasteiger partial charge < -0.3 is 15.4 Å². The first-order chi connectivity index (χ1) is 9.61. The first-order valence-corrected chi connectivity index (χ1v) is 6.49. The summed E-state index contributed by atoms with van der Waals surface area (Å²) in [7, 11) is 0. The van der Waals surface area contributed by atoms with Crippen molar-refractivity contribution in [1.82, 2.24) is 5.32 Å². The van der Waals surface area contributed by atoms with Crippen molar-refractivity contribution >= 4 is 23.5 Å². The molecule has 0 aromatic heterocycles. The molecule has 0 spiro atoms. The molecule has 1 aliphatic carbocycles. The second kappa shape index (κ2) is 6.18. The number of amides is 2. The summed E-state index contributed by atoms with van der Waals surface area (Å²) in [5, 5.41) is 5.01. The van der Waals surface area contributed by atoms with E-state index < -0.39 is 17.8 Å². The molecule has 0 unspecified atom stereocenters. The standard InChI is InChI=1S/C14H16N2O4/c1-2-20-14(19)10-5-3-4-6-11(10)16-13(18)12(17)15-9-7-8-9/h3-6,9H,2,7-8H2,1H3,(H,15,17)(H,16,18). The predicted octanol–water partition coefficient (Wildman–Crippen LogP) is 1.08. The summed E-state index contributed by atoms with van der Waals surface area (Å²) < 4.78 is 4.89. The molecular formula is C14H16N2O4. The van der Waals surface area contributed by atoms with Crippen LogP contribution in [-0.2, 0) is 14.3 Å². The molecule has 0 heterocycles. The van der Waals surface area contributed by atoms with Crippen LogP contribution in [0.15, 0.2) is 24.3 Å². The highest BCUT2D eigenvalue weighted by atomic mass is 16.5. The second-order valence-electron chi connectivity index (χ2n) is 4.47. The van der Waals surface area contributed by atoms with Crippen LogP contribution in [0.2, 0.25) is 0 Å². The van der Waals surface area contributed by atoms with Crippen molar-refractivity contribution < 1.29 is 19.1 Å². The minimum Gasteiger partial charge on any atom is -0.462 e. The Labute approximate surface area is 116 Å². The van der Waals surface area contributed by atoms with E-state index in [0.717, 1.165) is 12.8 Å². The van der Waals surface area contributed by atoms with E-state index in [1.165, 1.54) is 6.07 Å². The smallest absolute Gasteiger partial charge is 0.340 e. The van der Waals surface area contributed by atoms with Gasteiger partial charge in [0, 0.05) is 6.04 Å². The Hall–Kier alpha value is -2.37. The average Bonchev–Trinajstić information content (AvgIpc) is 3.23. The molecule has 1 aromatic rings. The number of ether oxygens (including phenoxy) is 1. The highest BCUT2D eigenvalue weighted by Crippen LogP contribution is 2.19. The quantitative estimate of drug-likeness (QED) is 0.636. The van der Waals surface area contributed by atoms with E-state index in [1.54, 1.807) is 25.1 Å². The molecule has 2 amide bonds. The summed E-state index contributed by atoms with van der Waals surface area (Å²) in [5.74, 6) is -2.01. The van der Waals surface area contributed by atoms with Crippen LogP contribution in [0.25, 0.3) is 0 Å². The van der Waals surface area contributed by atoms with Crippen LogP contribution < -0.4 is 10.6 Å². The fourth-order valence-electron chi connectivity index (χ4n) is 1.64. The molecule has 1 aliphatic rings. The van der Waals surface area contributed by atoms with Crippen molar-refractivity contribution in [2.45, 2.75) is 25.8 Å². The van der Waals surface area contributed by atoms with Gasteiger partial charge in [-0.05, 0) is 31.9 Å². The molecule has 6 nitrogen and oxygen atoms in total. The molecule has 0 bridgehead atoms. The van der Waals surface area contributed by atoms with Gasteiger partial charge in [-0.1, -0.05) is 12.1 Å². The monoisotopic (exact) mass is 276 g/mol. The lowest BCUT2D eigenvalue weighted by atomic mass is 10.2. The minimum absolute atomic E-state index is 0.105. The summed E-state index contributed by atoms with van der Waals surface area (Å²) in [6.07, 6.45) is 1.80. The van der Waals surface area contributed by atoms with Crippen molar-refractivity contribution in [2.24, 2.45) is 0 Å². The van der Waals surface area contributed by atoms with Gasteiger partial charge in [0.15, 0.2) is 0 Å². The zero-order valence-corrected chi connectivity index (χ0v) is 11.1. The van der Waals surface area contributed by atoms with Gasteiger partial charge >= 0.3 is 17.8 Å². The van der Waals surface area contributed by atoms with Crippen molar-refractivity contribution in [3.05, 3.63) is 29.8 Å². The average molecular weight is 276 g/mol. The molecule has 2 rings (SSSR count). The lowest BCUT2D eigenvalue weighted by Gasteiger charge is -2.10. The number of benzene rings is 1. The van der Waals surface area contributed by atoms with E-state index in [0.29, 0.717) is 0 Å². The third-order valence-electron chi connectivity index (χ3n) is 2.79.